The van der Waals surface area contributed by atoms with Gasteiger partial charge in [-0.25, -0.2) is 4.39 Å². The maximum Gasteiger partial charge on any atom is 0.267 e. The second kappa shape index (κ2) is 10.5. The van der Waals surface area contributed by atoms with Crippen molar-refractivity contribution in [3.63, 3.8) is 0 Å². The van der Waals surface area contributed by atoms with Gasteiger partial charge >= 0.3 is 0 Å². The van der Waals surface area contributed by atoms with Crippen molar-refractivity contribution in [1.82, 2.24) is 4.90 Å². The van der Waals surface area contributed by atoms with Crippen molar-refractivity contribution in [3.05, 3.63) is 40.6 Å². The SMILES string of the molecule is CCCCCCCCN1C(=O)C(SCCO)=C(c2ccc(F)cc2)C1=O. The van der Waals surface area contributed by atoms with Crippen LogP contribution in [0.1, 0.15) is 51.0 Å². The maximum absolute atomic E-state index is 13.2. The van der Waals surface area contributed by atoms with Crippen LogP contribution in [0.25, 0.3) is 5.57 Å². The van der Waals surface area contributed by atoms with Crippen LogP contribution in [-0.2, 0) is 9.59 Å². The van der Waals surface area contributed by atoms with Crippen molar-refractivity contribution in [1.29, 1.82) is 0 Å². The molecular weight excluding hydrogens is 353 g/mol. The summed E-state index contributed by atoms with van der Waals surface area (Å²) in [5.41, 5.74) is 0.857. The summed E-state index contributed by atoms with van der Waals surface area (Å²) in [6, 6.07) is 5.60. The van der Waals surface area contributed by atoms with E-state index in [0.717, 1.165) is 19.3 Å². The number of carbonyl (C=O) groups excluding carboxylic acids is 2. The summed E-state index contributed by atoms with van der Waals surface area (Å²) < 4.78 is 13.2. The zero-order valence-corrected chi connectivity index (χ0v) is 16.0. The molecule has 0 unspecified atom stereocenters. The number of benzene rings is 1. The highest BCUT2D eigenvalue weighted by atomic mass is 32.2. The predicted octanol–water partition coefficient (Wildman–Crippen LogP) is 3.99. The van der Waals surface area contributed by atoms with Crippen LogP contribution in [0.2, 0.25) is 0 Å². The number of aliphatic hydroxyl groups is 1. The van der Waals surface area contributed by atoms with Crippen molar-refractivity contribution in [2.24, 2.45) is 0 Å². The van der Waals surface area contributed by atoms with E-state index in [1.807, 2.05) is 0 Å². The van der Waals surface area contributed by atoms with Gasteiger partial charge in [-0.05, 0) is 24.1 Å². The van der Waals surface area contributed by atoms with Gasteiger partial charge in [0.15, 0.2) is 0 Å². The fourth-order valence-corrected chi connectivity index (χ4v) is 3.84. The van der Waals surface area contributed by atoms with Crippen molar-refractivity contribution < 1.29 is 19.1 Å². The van der Waals surface area contributed by atoms with E-state index < -0.39 is 0 Å². The van der Waals surface area contributed by atoms with Crippen LogP contribution in [0.3, 0.4) is 0 Å². The molecule has 1 N–H and O–H groups in total. The standard InChI is InChI=1S/C20H26FNO3S/c1-2-3-4-5-6-7-12-22-19(24)17(15-8-10-16(21)11-9-15)18(20(22)25)26-14-13-23/h8-11,23H,2-7,12-14H2,1H3. The molecule has 0 saturated heterocycles. The average molecular weight is 379 g/mol. The highest BCUT2D eigenvalue weighted by Crippen LogP contribution is 2.36. The highest BCUT2D eigenvalue weighted by molar-refractivity contribution is 8.04. The number of carbonyl (C=O) groups is 2. The minimum absolute atomic E-state index is 0.0796. The van der Waals surface area contributed by atoms with Crippen LogP contribution >= 0.6 is 11.8 Å². The molecular formula is C20H26FNO3S. The summed E-state index contributed by atoms with van der Waals surface area (Å²) >= 11 is 1.18. The normalized spacial score (nSPS) is 14.7. The second-order valence-corrected chi connectivity index (χ2v) is 7.42. The topological polar surface area (TPSA) is 57.6 Å². The van der Waals surface area contributed by atoms with Crippen molar-refractivity contribution in [2.75, 3.05) is 18.9 Å². The molecule has 1 heterocycles. The average Bonchev–Trinajstić information content (AvgIpc) is 2.87. The summed E-state index contributed by atoms with van der Waals surface area (Å²) in [4.78, 5) is 27.2. The molecule has 1 aromatic carbocycles. The van der Waals surface area contributed by atoms with Gasteiger partial charge in [0.2, 0.25) is 0 Å². The molecule has 0 atom stereocenters. The number of thioether (sulfide) groups is 1. The lowest BCUT2D eigenvalue weighted by Crippen LogP contribution is -2.32. The number of rotatable bonds is 11. The van der Waals surface area contributed by atoms with Gasteiger partial charge in [-0.15, -0.1) is 11.8 Å². The summed E-state index contributed by atoms with van der Waals surface area (Å²) in [6.07, 6.45) is 6.45. The van der Waals surface area contributed by atoms with Gasteiger partial charge < -0.3 is 5.11 Å². The molecule has 0 aliphatic carbocycles. The zero-order chi connectivity index (χ0) is 18.9. The number of aliphatic hydroxyl groups excluding tert-OH is 1. The monoisotopic (exact) mass is 379 g/mol. The van der Waals surface area contributed by atoms with Gasteiger partial charge in [-0.3, -0.25) is 14.5 Å². The number of amides is 2. The molecule has 26 heavy (non-hydrogen) atoms. The fraction of sp³-hybridized carbons (Fsp3) is 0.500. The van der Waals surface area contributed by atoms with E-state index >= 15 is 0 Å². The first-order valence-electron chi connectivity index (χ1n) is 9.20. The molecule has 1 aromatic rings. The van der Waals surface area contributed by atoms with Gasteiger partial charge in [0.1, 0.15) is 5.82 Å². The smallest absolute Gasteiger partial charge is 0.267 e. The molecule has 2 amide bonds. The van der Waals surface area contributed by atoms with Gasteiger partial charge in [-0.1, -0.05) is 51.2 Å². The zero-order valence-electron chi connectivity index (χ0n) is 15.2. The Hall–Kier alpha value is -1.66. The third-order valence-corrected chi connectivity index (χ3v) is 5.39. The predicted molar refractivity (Wildman–Crippen MR) is 103 cm³/mol. The Morgan fingerprint density at radius 2 is 1.65 bits per heavy atom. The van der Waals surface area contributed by atoms with E-state index in [9.17, 15) is 14.0 Å². The number of nitrogens with zero attached hydrogens (tertiary/aromatic N) is 1. The molecule has 1 aliphatic rings. The summed E-state index contributed by atoms with van der Waals surface area (Å²) in [7, 11) is 0. The Bertz CT molecular complexity index is 658. The first-order chi connectivity index (χ1) is 12.6. The molecule has 1 aliphatic heterocycles. The van der Waals surface area contributed by atoms with Crippen molar-refractivity contribution in [2.45, 2.75) is 45.4 Å². The molecule has 0 bridgehead atoms. The lowest BCUT2D eigenvalue weighted by atomic mass is 10.1. The molecule has 2 rings (SSSR count). The summed E-state index contributed by atoms with van der Waals surface area (Å²) in [5.74, 6) is -0.680. The van der Waals surface area contributed by atoms with E-state index in [4.69, 9.17) is 5.11 Å². The summed E-state index contributed by atoms with van der Waals surface area (Å²) in [5, 5.41) is 9.08. The Morgan fingerprint density at radius 3 is 2.31 bits per heavy atom. The number of hydrogen-bond donors (Lipinski definition) is 1. The quantitative estimate of drug-likeness (QED) is 0.466. The molecule has 0 saturated carbocycles. The molecule has 0 aromatic heterocycles. The third kappa shape index (κ3) is 5.17. The van der Waals surface area contributed by atoms with Crippen LogP contribution < -0.4 is 0 Å². The van der Waals surface area contributed by atoms with E-state index in [2.05, 4.69) is 6.92 Å². The van der Waals surface area contributed by atoms with Gasteiger partial charge in [0.05, 0.1) is 17.1 Å². The fourth-order valence-electron chi connectivity index (χ4n) is 2.96. The number of unbranched alkanes of at least 4 members (excludes halogenated alkanes) is 5. The minimum Gasteiger partial charge on any atom is -0.396 e. The van der Waals surface area contributed by atoms with Crippen molar-refractivity contribution in [3.8, 4) is 0 Å². The first kappa shape index (κ1) is 20.6. The summed E-state index contributed by atoms with van der Waals surface area (Å²) in [6.45, 7) is 2.48. The minimum atomic E-state index is -0.389. The van der Waals surface area contributed by atoms with E-state index in [0.29, 0.717) is 28.3 Å². The van der Waals surface area contributed by atoms with Gasteiger partial charge in [0.25, 0.3) is 11.8 Å². The molecule has 0 radical (unpaired) electrons. The van der Waals surface area contributed by atoms with E-state index in [-0.39, 0.29) is 24.2 Å². The Balaban J connectivity index is 2.09. The first-order valence-corrected chi connectivity index (χ1v) is 10.2. The Morgan fingerprint density at radius 1 is 1.00 bits per heavy atom. The van der Waals surface area contributed by atoms with Crippen LogP contribution in [0.5, 0.6) is 0 Å². The van der Waals surface area contributed by atoms with Crippen LogP contribution in [-0.4, -0.2) is 40.7 Å². The second-order valence-electron chi connectivity index (χ2n) is 6.31. The molecule has 142 valence electrons. The van der Waals surface area contributed by atoms with Crippen LogP contribution in [0.15, 0.2) is 29.2 Å². The molecule has 0 fully saturated rings. The van der Waals surface area contributed by atoms with Crippen molar-refractivity contribution >= 4 is 29.1 Å². The lowest BCUT2D eigenvalue weighted by molar-refractivity contribution is -0.136. The number of imide groups is 1. The third-order valence-electron chi connectivity index (χ3n) is 4.33. The van der Waals surface area contributed by atoms with E-state index in [1.54, 1.807) is 0 Å². The number of halogens is 1. The maximum atomic E-state index is 13.2. The highest BCUT2D eigenvalue weighted by Gasteiger charge is 2.38. The molecule has 6 heteroatoms. The number of hydrogen-bond acceptors (Lipinski definition) is 4. The van der Waals surface area contributed by atoms with Crippen LogP contribution in [0, 0.1) is 5.82 Å². The Labute approximate surface area is 158 Å². The van der Waals surface area contributed by atoms with E-state index in [1.165, 1.54) is 60.2 Å². The van der Waals surface area contributed by atoms with Crippen LogP contribution in [0.4, 0.5) is 4.39 Å². The van der Waals surface area contributed by atoms with Gasteiger partial charge in [-0.2, -0.15) is 0 Å². The molecule has 4 nitrogen and oxygen atoms in total. The lowest BCUT2D eigenvalue weighted by Gasteiger charge is -2.15. The Kier molecular flexibility index (Phi) is 8.32. The van der Waals surface area contributed by atoms with Gasteiger partial charge in [0, 0.05) is 12.3 Å². The molecule has 0 spiro atoms. The largest absolute Gasteiger partial charge is 0.396 e.